The van der Waals surface area contributed by atoms with Crippen LogP contribution in [-0.2, 0) is 16.0 Å². The van der Waals surface area contributed by atoms with E-state index >= 15 is 0 Å². The van der Waals surface area contributed by atoms with Gasteiger partial charge in [-0.2, -0.15) is 0 Å². The molecule has 0 bridgehead atoms. The van der Waals surface area contributed by atoms with Crippen LogP contribution in [0.2, 0.25) is 0 Å². The summed E-state index contributed by atoms with van der Waals surface area (Å²) in [6.45, 7) is 4.78. The van der Waals surface area contributed by atoms with Crippen molar-refractivity contribution in [1.82, 2.24) is 10.2 Å². The highest BCUT2D eigenvalue weighted by Gasteiger charge is 2.15. The van der Waals surface area contributed by atoms with Crippen LogP contribution in [0.3, 0.4) is 0 Å². The number of rotatable bonds is 8. The van der Waals surface area contributed by atoms with Gasteiger partial charge in [-0.15, -0.1) is 11.3 Å². The van der Waals surface area contributed by atoms with Crippen molar-refractivity contribution in [2.24, 2.45) is 5.73 Å². The van der Waals surface area contributed by atoms with E-state index in [1.165, 1.54) is 4.88 Å². The lowest BCUT2D eigenvalue weighted by Crippen LogP contribution is -2.45. The first-order chi connectivity index (χ1) is 8.99. The van der Waals surface area contributed by atoms with Gasteiger partial charge in [-0.25, -0.2) is 0 Å². The van der Waals surface area contributed by atoms with E-state index in [1.54, 1.807) is 16.2 Å². The molecule has 19 heavy (non-hydrogen) atoms. The number of hydrogen-bond donors (Lipinski definition) is 2. The number of carbonyl (C=O) groups excluding carboxylic acids is 2. The minimum atomic E-state index is -0.417. The molecule has 0 aliphatic carbocycles. The van der Waals surface area contributed by atoms with E-state index in [4.69, 9.17) is 5.73 Å². The zero-order chi connectivity index (χ0) is 14.3. The Morgan fingerprint density at radius 2 is 2.16 bits per heavy atom. The summed E-state index contributed by atoms with van der Waals surface area (Å²) in [6, 6.07) is 4.15. The second-order valence-electron chi connectivity index (χ2n) is 4.64. The molecule has 1 heterocycles. The van der Waals surface area contributed by atoms with E-state index in [-0.39, 0.29) is 25.0 Å². The van der Waals surface area contributed by atoms with E-state index in [9.17, 15) is 9.59 Å². The number of hydrogen-bond acceptors (Lipinski definition) is 4. The maximum atomic E-state index is 11.8. The van der Waals surface area contributed by atoms with Gasteiger partial charge in [0, 0.05) is 17.5 Å². The molecule has 0 spiro atoms. The lowest BCUT2D eigenvalue weighted by Gasteiger charge is -2.24. The summed E-state index contributed by atoms with van der Waals surface area (Å²) in [4.78, 5) is 25.7. The van der Waals surface area contributed by atoms with Crippen LogP contribution in [0.5, 0.6) is 0 Å². The van der Waals surface area contributed by atoms with Crippen LogP contribution in [0.25, 0.3) is 0 Å². The summed E-state index contributed by atoms with van der Waals surface area (Å²) in [6.07, 6.45) is 0.834. The number of nitrogens with one attached hydrogen (secondary N) is 1. The summed E-state index contributed by atoms with van der Waals surface area (Å²) in [5, 5.41) is 4.87. The normalized spacial score (nSPS) is 10.9. The van der Waals surface area contributed by atoms with E-state index in [1.807, 2.05) is 31.4 Å². The first-order valence-electron chi connectivity index (χ1n) is 6.30. The van der Waals surface area contributed by atoms with Gasteiger partial charge >= 0.3 is 0 Å². The minimum absolute atomic E-state index is 0.0773. The monoisotopic (exact) mass is 283 g/mol. The molecule has 6 heteroatoms. The third-order valence-electron chi connectivity index (χ3n) is 2.71. The van der Waals surface area contributed by atoms with Gasteiger partial charge in [-0.05, 0) is 31.7 Å². The molecule has 0 aliphatic rings. The summed E-state index contributed by atoms with van der Waals surface area (Å²) in [7, 11) is 0. The smallest absolute Gasteiger partial charge is 0.234 e. The number of nitrogens with zero attached hydrogens (tertiary/aromatic N) is 1. The van der Waals surface area contributed by atoms with Crippen LogP contribution in [0, 0.1) is 0 Å². The Morgan fingerprint density at radius 1 is 1.42 bits per heavy atom. The summed E-state index contributed by atoms with van der Waals surface area (Å²) >= 11 is 1.68. The van der Waals surface area contributed by atoms with Gasteiger partial charge in [-0.3, -0.25) is 14.5 Å². The van der Waals surface area contributed by atoms with Crippen LogP contribution in [0.4, 0.5) is 0 Å². The van der Waals surface area contributed by atoms with Gasteiger partial charge in [0.25, 0.3) is 0 Å². The maximum Gasteiger partial charge on any atom is 0.234 e. The van der Waals surface area contributed by atoms with Crippen LogP contribution in [-0.4, -0.2) is 42.4 Å². The largest absolute Gasteiger partial charge is 0.369 e. The van der Waals surface area contributed by atoms with Crippen molar-refractivity contribution in [1.29, 1.82) is 0 Å². The Hall–Kier alpha value is -1.40. The number of thiophene rings is 1. The predicted molar refractivity (Wildman–Crippen MR) is 76.9 cm³/mol. The third-order valence-corrected chi connectivity index (χ3v) is 3.65. The summed E-state index contributed by atoms with van der Waals surface area (Å²) < 4.78 is 0. The fraction of sp³-hybridized carbons (Fsp3) is 0.538. The van der Waals surface area contributed by atoms with Crippen molar-refractivity contribution >= 4 is 23.2 Å². The molecule has 0 saturated heterocycles. The molecule has 0 atom stereocenters. The van der Waals surface area contributed by atoms with Crippen molar-refractivity contribution in [2.45, 2.75) is 26.3 Å². The van der Waals surface area contributed by atoms with E-state index in [0.717, 1.165) is 6.42 Å². The maximum absolute atomic E-state index is 11.8. The van der Waals surface area contributed by atoms with Crippen molar-refractivity contribution in [3.05, 3.63) is 22.4 Å². The zero-order valence-corrected chi connectivity index (χ0v) is 12.2. The average molecular weight is 283 g/mol. The molecular formula is C13H21N3O2S. The molecule has 2 amide bonds. The van der Waals surface area contributed by atoms with Gasteiger partial charge in [0.15, 0.2) is 0 Å². The lowest BCUT2D eigenvalue weighted by molar-refractivity contribution is -0.124. The SMILES string of the molecule is CC(C)N(CC(N)=O)CC(=O)NCCc1cccs1. The highest BCUT2D eigenvalue weighted by Crippen LogP contribution is 2.08. The Morgan fingerprint density at radius 3 is 2.68 bits per heavy atom. The first-order valence-corrected chi connectivity index (χ1v) is 7.18. The highest BCUT2D eigenvalue weighted by atomic mass is 32.1. The van der Waals surface area contributed by atoms with Crippen molar-refractivity contribution in [3.63, 3.8) is 0 Å². The third kappa shape index (κ3) is 6.35. The molecule has 0 saturated carbocycles. The number of nitrogens with two attached hydrogens (primary N) is 1. The highest BCUT2D eigenvalue weighted by molar-refractivity contribution is 7.09. The van der Waals surface area contributed by atoms with Crippen LogP contribution in [0.15, 0.2) is 17.5 Å². The van der Waals surface area contributed by atoms with Crippen molar-refractivity contribution < 1.29 is 9.59 Å². The van der Waals surface area contributed by atoms with E-state index < -0.39 is 5.91 Å². The van der Waals surface area contributed by atoms with Crippen molar-refractivity contribution in [3.8, 4) is 0 Å². The second kappa shape index (κ2) is 7.91. The fourth-order valence-electron chi connectivity index (χ4n) is 1.64. The van der Waals surface area contributed by atoms with Crippen LogP contribution < -0.4 is 11.1 Å². The van der Waals surface area contributed by atoms with Gasteiger partial charge in [0.2, 0.25) is 11.8 Å². The second-order valence-corrected chi connectivity index (χ2v) is 5.68. The van der Waals surface area contributed by atoms with Gasteiger partial charge < -0.3 is 11.1 Å². The van der Waals surface area contributed by atoms with Crippen molar-refractivity contribution in [2.75, 3.05) is 19.6 Å². The summed E-state index contributed by atoms with van der Waals surface area (Å²) in [5.41, 5.74) is 5.16. The standard InChI is InChI=1S/C13H21N3O2S/c1-10(2)16(8-12(14)17)9-13(18)15-6-5-11-4-3-7-19-11/h3-4,7,10H,5-6,8-9H2,1-2H3,(H2,14,17)(H,15,18). The van der Waals surface area contributed by atoms with Gasteiger partial charge in [-0.1, -0.05) is 6.07 Å². The quantitative estimate of drug-likeness (QED) is 0.733. The van der Waals surface area contributed by atoms with Gasteiger partial charge in [0.05, 0.1) is 13.1 Å². The Balaban J connectivity index is 2.29. The predicted octanol–water partition coefficient (Wildman–Crippen LogP) is 0.603. The number of primary amides is 1. The fourth-order valence-corrected chi connectivity index (χ4v) is 2.35. The minimum Gasteiger partial charge on any atom is -0.369 e. The molecule has 0 radical (unpaired) electrons. The summed E-state index contributed by atoms with van der Waals surface area (Å²) in [5.74, 6) is -0.494. The molecule has 0 aromatic carbocycles. The lowest BCUT2D eigenvalue weighted by atomic mass is 10.3. The van der Waals surface area contributed by atoms with E-state index in [2.05, 4.69) is 5.32 Å². The molecule has 1 aromatic heterocycles. The van der Waals surface area contributed by atoms with Gasteiger partial charge in [0.1, 0.15) is 0 Å². The molecule has 1 rings (SSSR count). The molecular weight excluding hydrogens is 262 g/mol. The topological polar surface area (TPSA) is 75.4 Å². The molecule has 0 aliphatic heterocycles. The first kappa shape index (κ1) is 15.7. The molecule has 3 N–H and O–H groups in total. The Kier molecular flexibility index (Phi) is 6.52. The molecule has 0 fully saturated rings. The molecule has 5 nitrogen and oxygen atoms in total. The molecule has 1 aromatic rings. The van der Waals surface area contributed by atoms with Crippen LogP contribution >= 0.6 is 11.3 Å². The zero-order valence-electron chi connectivity index (χ0n) is 11.4. The van der Waals surface area contributed by atoms with Crippen LogP contribution in [0.1, 0.15) is 18.7 Å². The number of amides is 2. The van der Waals surface area contributed by atoms with E-state index in [0.29, 0.717) is 6.54 Å². The average Bonchev–Trinajstić information content (AvgIpc) is 2.80. The number of carbonyl (C=O) groups is 2. The molecule has 0 unspecified atom stereocenters. The molecule has 106 valence electrons. The Bertz CT molecular complexity index is 404. The Labute approximate surface area is 117 Å².